The molecule has 4 heteroatoms. The molecule has 0 bridgehead atoms. The summed E-state index contributed by atoms with van der Waals surface area (Å²) >= 11 is 5.46. The highest BCUT2D eigenvalue weighted by Gasteiger charge is 2.08. The van der Waals surface area contributed by atoms with E-state index in [1.807, 2.05) is 0 Å². The summed E-state index contributed by atoms with van der Waals surface area (Å²) in [5, 5.41) is 0. The molecular formula is C12H12ClFO2. The lowest BCUT2D eigenvalue weighted by atomic mass is 10.1. The van der Waals surface area contributed by atoms with Crippen LogP contribution < -0.4 is 4.74 Å². The molecule has 0 atom stereocenters. The van der Waals surface area contributed by atoms with E-state index >= 15 is 0 Å². The van der Waals surface area contributed by atoms with Crippen molar-refractivity contribution >= 4 is 17.4 Å². The van der Waals surface area contributed by atoms with Crippen LogP contribution in [0.15, 0.2) is 29.3 Å². The van der Waals surface area contributed by atoms with Crippen LogP contribution >= 0.6 is 11.6 Å². The molecule has 1 rings (SSSR count). The molecule has 0 amide bonds. The minimum atomic E-state index is -0.572. The Hall–Kier alpha value is -1.35. The van der Waals surface area contributed by atoms with Gasteiger partial charge in [0.05, 0.1) is 5.56 Å². The van der Waals surface area contributed by atoms with E-state index in [0.29, 0.717) is 12.4 Å². The standard InChI is InChI=1S/C12H12ClFO2/c1-8(6-13)7-16-10-3-4-11(9(2)15)12(14)5-10/h3-6H,7H2,1-2H3/b8-6+. The summed E-state index contributed by atoms with van der Waals surface area (Å²) in [4.78, 5) is 11.0. The van der Waals surface area contributed by atoms with Crippen LogP contribution in [0.5, 0.6) is 5.75 Å². The number of halogens is 2. The third-order valence-corrected chi connectivity index (χ3v) is 2.35. The summed E-state index contributed by atoms with van der Waals surface area (Å²) in [5.41, 5.74) is 2.30. The van der Waals surface area contributed by atoms with Gasteiger partial charge in [-0.2, -0.15) is 0 Å². The first-order valence-electron chi connectivity index (χ1n) is 4.73. The number of Topliss-reactive ketones (excluding diaryl/α,β-unsaturated/α-hetero) is 1. The van der Waals surface area contributed by atoms with Crippen LogP contribution in [0.2, 0.25) is 0 Å². The average molecular weight is 243 g/mol. The zero-order chi connectivity index (χ0) is 12.1. The first-order chi connectivity index (χ1) is 7.54. The third-order valence-electron chi connectivity index (χ3n) is 1.97. The first-order valence-corrected chi connectivity index (χ1v) is 5.17. The quantitative estimate of drug-likeness (QED) is 0.755. The third kappa shape index (κ3) is 3.35. The van der Waals surface area contributed by atoms with Gasteiger partial charge in [-0.05, 0) is 31.6 Å². The van der Waals surface area contributed by atoms with E-state index < -0.39 is 5.82 Å². The van der Waals surface area contributed by atoms with Gasteiger partial charge in [0, 0.05) is 11.6 Å². The molecule has 16 heavy (non-hydrogen) atoms. The molecule has 0 N–H and O–H groups in total. The number of ketones is 1. The number of ether oxygens (including phenoxy) is 1. The summed E-state index contributed by atoms with van der Waals surface area (Å²) in [6.45, 7) is 3.41. The van der Waals surface area contributed by atoms with E-state index in [1.165, 1.54) is 24.6 Å². The second-order valence-corrected chi connectivity index (χ2v) is 3.66. The van der Waals surface area contributed by atoms with Crippen molar-refractivity contribution in [3.05, 3.63) is 40.7 Å². The van der Waals surface area contributed by atoms with Gasteiger partial charge in [-0.3, -0.25) is 4.79 Å². The summed E-state index contributed by atoms with van der Waals surface area (Å²) in [6.07, 6.45) is 0. The molecule has 0 aliphatic rings. The fraction of sp³-hybridized carbons (Fsp3) is 0.250. The summed E-state index contributed by atoms with van der Waals surface area (Å²) in [5.74, 6) is -0.501. The van der Waals surface area contributed by atoms with E-state index in [9.17, 15) is 9.18 Å². The average Bonchev–Trinajstić information content (AvgIpc) is 2.25. The van der Waals surface area contributed by atoms with Gasteiger partial charge in [-0.1, -0.05) is 11.6 Å². The molecule has 0 heterocycles. The van der Waals surface area contributed by atoms with Crippen LogP contribution in [0.1, 0.15) is 24.2 Å². The second-order valence-electron chi connectivity index (χ2n) is 3.44. The van der Waals surface area contributed by atoms with Crippen molar-refractivity contribution < 1.29 is 13.9 Å². The van der Waals surface area contributed by atoms with Crippen molar-refractivity contribution in [2.75, 3.05) is 6.61 Å². The van der Waals surface area contributed by atoms with Gasteiger partial charge in [0.15, 0.2) is 5.78 Å². The molecule has 0 spiro atoms. The summed E-state index contributed by atoms with van der Waals surface area (Å²) in [7, 11) is 0. The highest BCUT2D eigenvalue weighted by Crippen LogP contribution is 2.17. The Balaban J connectivity index is 2.78. The predicted molar refractivity (Wildman–Crippen MR) is 61.5 cm³/mol. The Morgan fingerprint density at radius 1 is 1.50 bits per heavy atom. The Bertz CT molecular complexity index is 427. The topological polar surface area (TPSA) is 26.3 Å². The van der Waals surface area contributed by atoms with Crippen molar-refractivity contribution in [1.82, 2.24) is 0 Å². The molecule has 0 radical (unpaired) electrons. The van der Waals surface area contributed by atoms with E-state index in [2.05, 4.69) is 0 Å². The molecule has 0 aliphatic heterocycles. The second kappa shape index (κ2) is 5.66. The number of hydrogen-bond donors (Lipinski definition) is 0. The smallest absolute Gasteiger partial charge is 0.162 e. The Labute approximate surface area is 98.7 Å². The fourth-order valence-electron chi connectivity index (χ4n) is 1.10. The molecule has 0 aliphatic carbocycles. The minimum Gasteiger partial charge on any atom is -0.489 e. The summed E-state index contributed by atoms with van der Waals surface area (Å²) in [6, 6.07) is 4.16. The van der Waals surface area contributed by atoms with Crippen molar-refractivity contribution in [2.45, 2.75) is 13.8 Å². The van der Waals surface area contributed by atoms with Gasteiger partial charge in [-0.25, -0.2) is 4.39 Å². The van der Waals surface area contributed by atoms with Crippen molar-refractivity contribution in [1.29, 1.82) is 0 Å². The largest absolute Gasteiger partial charge is 0.489 e. The van der Waals surface area contributed by atoms with Crippen LogP contribution in [0.4, 0.5) is 4.39 Å². The zero-order valence-electron chi connectivity index (χ0n) is 9.09. The molecule has 0 unspecified atom stereocenters. The van der Waals surface area contributed by atoms with Crippen LogP contribution in [0, 0.1) is 5.82 Å². The highest BCUT2D eigenvalue weighted by atomic mass is 35.5. The minimum absolute atomic E-state index is 0.0666. The van der Waals surface area contributed by atoms with Gasteiger partial charge in [0.2, 0.25) is 0 Å². The van der Waals surface area contributed by atoms with E-state index in [4.69, 9.17) is 16.3 Å². The molecule has 1 aromatic carbocycles. The first kappa shape index (κ1) is 12.7. The lowest BCUT2D eigenvalue weighted by Gasteiger charge is -2.07. The lowest BCUT2D eigenvalue weighted by molar-refractivity contribution is 0.101. The van der Waals surface area contributed by atoms with Crippen molar-refractivity contribution in [3.8, 4) is 5.75 Å². The number of carbonyl (C=O) groups excluding carboxylic acids is 1. The van der Waals surface area contributed by atoms with Crippen LogP contribution in [-0.2, 0) is 0 Å². The van der Waals surface area contributed by atoms with E-state index in [-0.39, 0.29) is 11.3 Å². The molecule has 0 aromatic heterocycles. The predicted octanol–water partition coefficient (Wildman–Crippen LogP) is 3.55. The molecular weight excluding hydrogens is 231 g/mol. The Morgan fingerprint density at radius 2 is 2.19 bits per heavy atom. The molecule has 1 aromatic rings. The molecule has 86 valence electrons. The van der Waals surface area contributed by atoms with Gasteiger partial charge in [0.25, 0.3) is 0 Å². The fourth-order valence-corrected chi connectivity index (χ4v) is 1.16. The molecule has 2 nitrogen and oxygen atoms in total. The zero-order valence-corrected chi connectivity index (χ0v) is 9.84. The number of hydrogen-bond acceptors (Lipinski definition) is 2. The van der Waals surface area contributed by atoms with Crippen molar-refractivity contribution in [3.63, 3.8) is 0 Å². The van der Waals surface area contributed by atoms with E-state index in [0.717, 1.165) is 5.57 Å². The Kier molecular flexibility index (Phi) is 4.50. The monoisotopic (exact) mass is 242 g/mol. The SMILES string of the molecule is CC(=O)c1ccc(OC/C(C)=C/Cl)cc1F. The number of rotatable bonds is 4. The van der Waals surface area contributed by atoms with Gasteiger partial charge < -0.3 is 4.74 Å². The Morgan fingerprint density at radius 3 is 2.69 bits per heavy atom. The number of carbonyl (C=O) groups is 1. The normalized spacial score (nSPS) is 11.4. The van der Waals surface area contributed by atoms with Crippen LogP contribution in [-0.4, -0.2) is 12.4 Å². The lowest BCUT2D eigenvalue weighted by Crippen LogP contribution is -2.01. The van der Waals surface area contributed by atoms with Gasteiger partial charge >= 0.3 is 0 Å². The van der Waals surface area contributed by atoms with E-state index in [1.54, 1.807) is 13.0 Å². The van der Waals surface area contributed by atoms with Gasteiger partial charge in [-0.15, -0.1) is 0 Å². The molecule has 0 saturated heterocycles. The maximum absolute atomic E-state index is 13.4. The maximum Gasteiger partial charge on any atom is 0.162 e. The molecule has 0 fully saturated rings. The maximum atomic E-state index is 13.4. The van der Waals surface area contributed by atoms with Crippen LogP contribution in [0.3, 0.4) is 0 Å². The number of benzene rings is 1. The molecule has 0 saturated carbocycles. The highest BCUT2D eigenvalue weighted by molar-refractivity contribution is 6.25. The summed E-state index contributed by atoms with van der Waals surface area (Å²) < 4.78 is 18.6. The van der Waals surface area contributed by atoms with Crippen molar-refractivity contribution in [2.24, 2.45) is 0 Å². The van der Waals surface area contributed by atoms with Crippen LogP contribution in [0.25, 0.3) is 0 Å². The van der Waals surface area contributed by atoms with Gasteiger partial charge in [0.1, 0.15) is 18.2 Å².